The van der Waals surface area contributed by atoms with Crippen molar-refractivity contribution in [3.63, 3.8) is 0 Å². The predicted molar refractivity (Wildman–Crippen MR) is 73.3 cm³/mol. The van der Waals surface area contributed by atoms with Crippen molar-refractivity contribution in [3.05, 3.63) is 58.3 Å². The summed E-state index contributed by atoms with van der Waals surface area (Å²) in [5, 5.41) is 9.53. The number of nitrogens with zero attached hydrogens (tertiary/aromatic N) is 2. The number of aromatic nitrogens is 1. The van der Waals surface area contributed by atoms with E-state index < -0.39 is 0 Å². The fourth-order valence-electron chi connectivity index (χ4n) is 2.05. The summed E-state index contributed by atoms with van der Waals surface area (Å²) in [6.07, 6.45) is 0.787. The van der Waals surface area contributed by atoms with Crippen LogP contribution in [0.5, 0.6) is 0 Å². The molecule has 0 aliphatic rings. The van der Waals surface area contributed by atoms with Crippen LogP contribution in [0.3, 0.4) is 0 Å². The van der Waals surface area contributed by atoms with Gasteiger partial charge in [0.2, 0.25) is 0 Å². The molecular formula is C15H13N2S-. The van der Waals surface area contributed by atoms with E-state index in [0.717, 1.165) is 23.2 Å². The highest BCUT2D eigenvalue weighted by Crippen LogP contribution is 2.22. The molecule has 0 aliphatic carbocycles. The maximum atomic E-state index is 9.12. The molecule has 0 spiro atoms. The minimum Gasteiger partial charge on any atom is -0.759 e. The Hall–Kier alpha value is -1.92. The molecule has 90 valence electrons. The third kappa shape index (κ3) is 2.34. The summed E-state index contributed by atoms with van der Waals surface area (Å²) in [5.41, 5.74) is 4.72. The minimum atomic E-state index is 0.407. The summed E-state index contributed by atoms with van der Waals surface area (Å²) in [7, 11) is 0. The van der Waals surface area contributed by atoms with Crippen molar-refractivity contribution in [2.24, 2.45) is 0 Å². The van der Waals surface area contributed by atoms with Crippen molar-refractivity contribution in [3.8, 4) is 6.07 Å². The number of rotatable bonds is 2. The zero-order valence-electron chi connectivity index (χ0n) is 10.4. The second-order valence-corrected chi connectivity index (χ2v) is 4.64. The van der Waals surface area contributed by atoms with Crippen molar-refractivity contribution in [2.45, 2.75) is 25.3 Å². The van der Waals surface area contributed by atoms with E-state index in [2.05, 4.69) is 23.2 Å². The highest BCUT2D eigenvalue weighted by atomic mass is 32.1. The van der Waals surface area contributed by atoms with Crippen LogP contribution in [0.1, 0.15) is 27.9 Å². The molecule has 1 aromatic carbocycles. The van der Waals surface area contributed by atoms with E-state index in [0.29, 0.717) is 10.6 Å². The lowest BCUT2D eigenvalue weighted by molar-refractivity contribution is 0.971. The molecule has 0 fully saturated rings. The maximum Gasteiger partial charge on any atom is 0.0994 e. The molecule has 0 saturated carbocycles. The van der Waals surface area contributed by atoms with Gasteiger partial charge in [-0.3, -0.25) is 4.98 Å². The van der Waals surface area contributed by atoms with E-state index in [9.17, 15) is 0 Å². The van der Waals surface area contributed by atoms with Crippen LogP contribution >= 0.6 is 0 Å². The van der Waals surface area contributed by atoms with Gasteiger partial charge in [-0.2, -0.15) is 5.26 Å². The minimum absolute atomic E-state index is 0.407. The SMILES string of the molecule is Cc1nc([S-])c(C#N)c(C)c1Cc1ccccc1. The van der Waals surface area contributed by atoms with Gasteiger partial charge in [0.1, 0.15) is 0 Å². The Kier molecular flexibility index (Phi) is 3.59. The van der Waals surface area contributed by atoms with Gasteiger partial charge in [0, 0.05) is 5.69 Å². The van der Waals surface area contributed by atoms with Crippen LogP contribution in [0.25, 0.3) is 0 Å². The first-order valence-corrected chi connectivity index (χ1v) is 6.15. The molecule has 0 amide bonds. The van der Waals surface area contributed by atoms with Gasteiger partial charge in [0.15, 0.2) is 0 Å². The predicted octanol–water partition coefficient (Wildman–Crippen LogP) is 3.07. The number of hydrogen-bond donors (Lipinski definition) is 0. The molecule has 2 nitrogen and oxygen atoms in total. The van der Waals surface area contributed by atoms with Gasteiger partial charge in [0.25, 0.3) is 0 Å². The highest BCUT2D eigenvalue weighted by Gasteiger charge is 2.09. The molecule has 2 aromatic rings. The van der Waals surface area contributed by atoms with E-state index in [1.54, 1.807) is 0 Å². The van der Waals surface area contributed by atoms with E-state index in [-0.39, 0.29) is 0 Å². The zero-order valence-corrected chi connectivity index (χ0v) is 11.2. The molecule has 0 unspecified atom stereocenters. The largest absolute Gasteiger partial charge is 0.759 e. The molecule has 1 aromatic heterocycles. The van der Waals surface area contributed by atoms with Gasteiger partial charge < -0.3 is 12.6 Å². The second kappa shape index (κ2) is 5.16. The van der Waals surface area contributed by atoms with Crippen LogP contribution in [-0.2, 0) is 19.0 Å². The van der Waals surface area contributed by atoms with Crippen molar-refractivity contribution in [1.29, 1.82) is 5.26 Å². The van der Waals surface area contributed by atoms with Crippen molar-refractivity contribution < 1.29 is 0 Å². The summed E-state index contributed by atoms with van der Waals surface area (Å²) in [5.74, 6) is 0. The number of nitriles is 1. The average Bonchev–Trinajstić information content (AvgIpc) is 2.36. The number of pyridine rings is 1. The monoisotopic (exact) mass is 253 g/mol. The van der Waals surface area contributed by atoms with Crippen LogP contribution in [0.15, 0.2) is 35.4 Å². The molecule has 3 heteroatoms. The van der Waals surface area contributed by atoms with E-state index in [4.69, 9.17) is 17.9 Å². The lowest BCUT2D eigenvalue weighted by Gasteiger charge is -2.17. The second-order valence-electron chi connectivity index (χ2n) is 4.26. The average molecular weight is 253 g/mol. The molecule has 0 atom stereocenters. The number of aryl methyl sites for hydroxylation is 1. The van der Waals surface area contributed by atoms with Gasteiger partial charge in [0.05, 0.1) is 11.6 Å². The Morgan fingerprint density at radius 1 is 1.22 bits per heavy atom. The fourth-order valence-corrected chi connectivity index (χ4v) is 2.39. The number of benzene rings is 1. The van der Waals surface area contributed by atoms with Crippen LogP contribution in [-0.4, -0.2) is 4.98 Å². The Morgan fingerprint density at radius 3 is 2.50 bits per heavy atom. The molecule has 0 radical (unpaired) electrons. The zero-order chi connectivity index (χ0) is 13.1. The van der Waals surface area contributed by atoms with Gasteiger partial charge in [-0.25, -0.2) is 0 Å². The first-order valence-electron chi connectivity index (χ1n) is 5.74. The Labute approximate surface area is 113 Å². The van der Waals surface area contributed by atoms with Gasteiger partial charge in [-0.1, -0.05) is 35.4 Å². The van der Waals surface area contributed by atoms with E-state index in [1.807, 2.05) is 32.0 Å². The maximum absolute atomic E-state index is 9.12. The van der Waals surface area contributed by atoms with Crippen LogP contribution in [0.2, 0.25) is 0 Å². The summed E-state index contributed by atoms with van der Waals surface area (Å²) in [6, 6.07) is 12.3. The molecule has 0 bridgehead atoms. The highest BCUT2D eigenvalue weighted by molar-refractivity contribution is 7.58. The van der Waals surface area contributed by atoms with E-state index >= 15 is 0 Å². The van der Waals surface area contributed by atoms with Crippen molar-refractivity contribution >= 4 is 12.6 Å². The normalized spacial score (nSPS) is 10.1. The van der Waals surface area contributed by atoms with Crippen molar-refractivity contribution in [2.75, 3.05) is 0 Å². The van der Waals surface area contributed by atoms with Gasteiger partial charge >= 0.3 is 0 Å². The number of hydrogen-bond acceptors (Lipinski definition) is 3. The van der Waals surface area contributed by atoms with Gasteiger partial charge in [-0.05, 0) is 37.0 Å². The molecule has 18 heavy (non-hydrogen) atoms. The Balaban J connectivity index is 2.49. The first kappa shape index (κ1) is 12.5. The van der Waals surface area contributed by atoms with Crippen LogP contribution in [0, 0.1) is 25.2 Å². The van der Waals surface area contributed by atoms with Crippen LogP contribution in [0.4, 0.5) is 0 Å². The molecule has 1 heterocycles. The molecule has 0 N–H and O–H groups in total. The Bertz CT molecular complexity index is 613. The molecule has 0 aliphatic heterocycles. The van der Waals surface area contributed by atoms with Crippen LogP contribution < -0.4 is 0 Å². The molecular weight excluding hydrogens is 240 g/mol. The lowest BCUT2D eigenvalue weighted by atomic mass is 9.97. The Morgan fingerprint density at radius 2 is 1.89 bits per heavy atom. The summed E-state index contributed by atoms with van der Waals surface area (Å²) < 4.78 is 0. The van der Waals surface area contributed by atoms with Gasteiger partial charge in [-0.15, -0.1) is 0 Å². The standard InChI is InChI=1S/C15H14N2S/c1-10-13(8-12-6-4-3-5-7-12)11(2)17-15(18)14(10)9-16/h3-7H,8H2,1-2H3,(H,17,18)/p-1. The summed E-state index contributed by atoms with van der Waals surface area (Å²) >= 11 is 5.12. The molecule has 0 saturated heterocycles. The lowest BCUT2D eigenvalue weighted by Crippen LogP contribution is -2.03. The molecule has 2 rings (SSSR count). The third-order valence-corrected chi connectivity index (χ3v) is 3.38. The topological polar surface area (TPSA) is 36.7 Å². The third-order valence-electron chi connectivity index (χ3n) is 3.08. The summed E-state index contributed by atoms with van der Waals surface area (Å²) in [6.45, 7) is 3.89. The van der Waals surface area contributed by atoms with Crippen molar-refractivity contribution in [1.82, 2.24) is 4.98 Å². The summed E-state index contributed by atoms with van der Waals surface area (Å²) in [4.78, 5) is 4.29. The first-order chi connectivity index (χ1) is 8.63. The quantitative estimate of drug-likeness (QED) is 0.772. The van der Waals surface area contributed by atoms with E-state index in [1.165, 1.54) is 5.56 Å². The smallest absolute Gasteiger partial charge is 0.0994 e. The fraction of sp³-hybridized carbons (Fsp3) is 0.200.